The minimum Gasteiger partial charge on any atom is -0.397 e. The maximum atomic E-state index is 12.7. The molecule has 0 aliphatic rings. The number of hydrogen-bond donors (Lipinski definition) is 1. The Bertz CT molecular complexity index is 553. The number of nitrogens with zero attached hydrogens (tertiary/aromatic N) is 2. The number of aryl methyl sites for hydroxylation is 1. The molecule has 0 atom stereocenters. The molecule has 0 radical (unpaired) electrons. The summed E-state index contributed by atoms with van der Waals surface area (Å²) in [5, 5.41) is 0. The predicted molar refractivity (Wildman–Crippen MR) is 76.2 cm³/mol. The number of rotatable bonds is 4. The number of anilines is 1. The van der Waals surface area contributed by atoms with Crippen LogP contribution in [0.1, 0.15) is 5.56 Å². The second-order valence-corrected chi connectivity index (χ2v) is 4.26. The first-order valence-corrected chi connectivity index (χ1v) is 5.93. The van der Waals surface area contributed by atoms with Crippen LogP contribution in [0.3, 0.4) is 0 Å². The number of amides is 1. The van der Waals surface area contributed by atoms with Crippen LogP contribution < -0.4 is 10.6 Å². The van der Waals surface area contributed by atoms with E-state index in [1.54, 1.807) is 18.2 Å². The summed E-state index contributed by atoms with van der Waals surface area (Å²) in [5.41, 5.74) is 5.76. The van der Waals surface area contributed by atoms with Crippen LogP contribution in [0, 0.1) is 6.92 Å². The highest BCUT2D eigenvalue weighted by Gasteiger charge is 2.22. The van der Waals surface area contributed by atoms with E-state index in [4.69, 9.17) is 5.73 Å². The molecule has 108 valence electrons. The summed E-state index contributed by atoms with van der Waals surface area (Å²) in [6.45, 7) is 1.87. The molecule has 0 heterocycles. The molecule has 0 bridgehead atoms. The van der Waals surface area contributed by atoms with Crippen molar-refractivity contribution in [2.24, 2.45) is 10.7 Å². The van der Waals surface area contributed by atoms with E-state index in [0.717, 1.165) is 11.8 Å². The van der Waals surface area contributed by atoms with Gasteiger partial charge in [0.1, 0.15) is 0 Å². The maximum Gasteiger partial charge on any atom is 0.278 e. The fraction of sp³-hybridized carbons (Fsp3) is 0.286. The molecule has 0 unspecified atom stereocenters. The van der Waals surface area contributed by atoms with E-state index in [9.17, 15) is 13.6 Å². The van der Waals surface area contributed by atoms with Crippen LogP contribution >= 0.6 is 0 Å². The zero-order chi connectivity index (χ0) is 15.3. The molecule has 0 spiro atoms. The molecule has 0 saturated heterocycles. The molecule has 0 aliphatic heterocycles. The lowest BCUT2D eigenvalue weighted by atomic mass is 10.1. The molecule has 1 aromatic carbocycles. The Balaban J connectivity index is 3.17. The summed E-state index contributed by atoms with van der Waals surface area (Å²) in [4.78, 5) is 17.1. The highest BCUT2D eigenvalue weighted by molar-refractivity contribution is 6.19. The highest BCUT2D eigenvalue weighted by atomic mass is 19.3. The lowest BCUT2D eigenvalue weighted by molar-refractivity contribution is -0.114. The van der Waals surface area contributed by atoms with Crippen molar-refractivity contribution in [3.05, 3.63) is 41.1 Å². The first kappa shape index (κ1) is 15.8. The zero-order valence-corrected chi connectivity index (χ0v) is 11.6. The van der Waals surface area contributed by atoms with Gasteiger partial charge in [0.15, 0.2) is 0 Å². The number of likely N-dealkylation sites (N-methyl/N-ethyl adjacent to an activating group) is 1. The lowest BCUT2D eigenvalue weighted by Gasteiger charge is -2.19. The van der Waals surface area contributed by atoms with Crippen molar-refractivity contribution in [1.29, 1.82) is 0 Å². The minimum atomic E-state index is -2.90. The first-order valence-electron chi connectivity index (χ1n) is 5.93. The van der Waals surface area contributed by atoms with Gasteiger partial charge in [0.25, 0.3) is 12.3 Å². The summed E-state index contributed by atoms with van der Waals surface area (Å²) in [6.07, 6.45) is -1.85. The van der Waals surface area contributed by atoms with E-state index < -0.39 is 18.0 Å². The van der Waals surface area contributed by atoms with Crippen LogP contribution in [0.4, 0.5) is 14.5 Å². The summed E-state index contributed by atoms with van der Waals surface area (Å²) < 4.78 is 25.4. The summed E-state index contributed by atoms with van der Waals surface area (Å²) >= 11 is 0. The first-order chi connectivity index (χ1) is 9.38. The summed E-state index contributed by atoms with van der Waals surface area (Å²) in [6, 6.07) is 7.14. The normalized spacial score (nSPS) is 12.7. The number of benzene rings is 1. The van der Waals surface area contributed by atoms with Crippen molar-refractivity contribution in [3.8, 4) is 0 Å². The molecule has 0 saturated carbocycles. The topological polar surface area (TPSA) is 58.7 Å². The molecule has 6 heteroatoms. The number of hydrogen-bond acceptors (Lipinski definition) is 3. The van der Waals surface area contributed by atoms with Crippen LogP contribution in [0.5, 0.6) is 0 Å². The molecule has 1 aromatic rings. The Hall–Kier alpha value is -2.24. The van der Waals surface area contributed by atoms with Crippen LogP contribution in [0.25, 0.3) is 0 Å². The van der Waals surface area contributed by atoms with Crippen LogP contribution in [0.15, 0.2) is 40.5 Å². The standard InChI is InChI=1S/C14H17F2N3O/c1-9-5-4-6-10(7-9)19(3)14(20)11(8-18-2)12(17)13(15)16/h4-8,13H,17H2,1-3H3. The highest BCUT2D eigenvalue weighted by Crippen LogP contribution is 2.18. The third kappa shape index (κ3) is 3.63. The quantitative estimate of drug-likeness (QED) is 0.679. The second kappa shape index (κ2) is 6.79. The van der Waals surface area contributed by atoms with Gasteiger partial charge in [0.05, 0.1) is 11.3 Å². The number of aliphatic imine (C=N–C) groups is 1. The Labute approximate surface area is 116 Å². The van der Waals surface area contributed by atoms with Crippen LogP contribution in [0.2, 0.25) is 0 Å². The minimum absolute atomic E-state index is 0.300. The molecule has 1 amide bonds. The van der Waals surface area contributed by atoms with Gasteiger partial charge >= 0.3 is 0 Å². The number of allylic oxidation sites excluding steroid dienone is 1. The molecule has 2 N–H and O–H groups in total. The molecule has 20 heavy (non-hydrogen) atoms. The van der Waals surface area contributed by atoms with Crippen LogP contribution in [-0.2, 0) is 4.79 Å². The van der Waals surface area contributed by atoms with Gasteiger partial charge in [-0.2, -0.15) is 0 Å². The van der Waals surface area contributed by atoms with Gasteiger partial charge in [-0.3, -0.25) is 9.79 Å². The van der Waals surface area contributed by atoms with E-state index in [1.165, 1.54) is 19.0 Å². The van der Waals surface area contributed by atoms with Gasteiger partial charge in [-0.25, -0.2) is 8.78 Å². The van der Waals surface area contributed by atoms with Gasteiger partial charge in [0, 0.05) is 26.0 Å². The third-order valence-electron chi connectivity index (χ3n) is 2.73. The molecule has 0 aromatic heterocycles. The van der Waals surface area contributed by atoms with Gasteiger partial charge in [-0.05, 0) is 24.6 Å². The van der Waals surface area contributed by atoms with E-state index >= 15 is 0 Å². The van der Waals surface area contributed by atoms with Crippen LogP contribution in [-0.4, -0.2) is 32.6 Å². The van der Waals surface area contributed by atoms with E-state index in [1.807, 2.05) is 13.0 Å². The molecule has 0 fully saturated rings. The average molecular weight is 281 g/mol. The monoisotopic (exact) mass is 281 g/mol. The van der Waals surface area contributed by atoms with Crippen molar-refractivity contribution in [3.63, 3.8) is 0 Å². The van der Waals surface area contributed by atoms with Crippen molar-refractivity contribution in [1.82, 2.24) is 0 Å². The Morgan fingerprint density at radius 2 is 2.10 bits per heavy atom. The van der Waals surface area contributed by atoms with Crippen molar-refractivity contribution in [2.75, 3.05) is 19.0 Å². The Kier molecular flexibility index (Phi) is 5.37. The average Bonchev–Trinajstić information content (AvgIpc) is 2.42. The van der Waals surface area contributed by atoms with Crippen molar-refractivity contribution in [2.45, 2.75) is 13.3 Å². The fourth-order valence-electron chi connectivity index (χ4n) is 1.63. The zero-order valence-electron chi connectivity index (χ0n) is 11.6. The number of nitrogens with two attached hydrogens (primary N) is 1. The summed E-state index contributed by atoms with van der Waals surface area (Å²) in [7, 11) is 2.89. The van der Waals surface area contributed by atoms with Crippen molar-refractivity contribution >= 4 is 17.8 Å². The van der Waals surface area contributed by atoms with Gasteiger partial charge in [0.2, 0.25) is 0 Å². The number of carbonyl (C=O) groups excluding carboxylic acids is 1. The Morgan fingerprint density at radius 3 is 2.60 bits per heavy atom. The van der Waals surface area contributed by atoms with Gasteiger partial charge in [-0.1, -0.05) is 12.1 Å². The van der Waals surface area contributed by atoms with Gasteiger partial charge < -0.3 is 10.6 Å². The van der Waals surface area contributed by atoms with Crippen molar-refractivity contribution < 1.29 is 13.6 Å². The summed E-state index contributed by atoms with van der Waals surface area (Å²) in [5.74, 6) is -0.626. The number of carbonyl (C=O) groups is 1. The maximum absolute atomic E-state index is 12.7. The molecule has 1 rings (SSSR count). The molecular weight excluding hydrogens is 264 g/mol. The molecule has 4 nitrogen and oxygen atoms in total. The van der Waals surface area contributed by atoms with E-state index in [0.29, 0.717) is 5.69 Å². The fourth-order valence-corrected chi connectivity index (χ4v) is 1.63. The smallest absolute Gasteiger partial charge is 0.278 e. The molecule has 0 aliphatic carbocycles. The number of alkyl halides is 2. The Morgan fingerprint density at radius 1 is 1.45 bits per heavy atom. The van der Waals surface area contributed by atoms with E-state index in [2.05, 4.69) is 4.99 Å². The third-order valence-corrected chi connectivity index (χ3v) is 2.73. The second-order valence-electron chi connectivity index (χ2n) is 4.26. The molecular formula is C14H17F2N3O. The largest absolute Gasteiger partial charge is 0.397 e. The van der Waals surface area contributed by atoms with E-state index in [-0.39, 0.29) is 5.57 Å². The van der Waals surface area contributed by atoms with Gasteiger partial charge in [-0.15, -0.1) is 0 Å². The SMILES string of the molecule is CN=CC(C(=O)N(C)c1cccc(C)c1)=C(N)C(F)F. The lowest BCUT2D eigenvalue weighted by Crippen LogP contribution is -2.31. The predicted octanol–water partition coefficient (Wildman–Crippen LogP) is 2.14. The number of halogens is 2.